The number of sulfonamides is 1. The first-order chi connectivity index (χ1) is 15.8. The zero-order valence-corrected chi connectivity index (χ0v) is 19.8. The number of nitrogens with zero attached hydrogens (tertiary/aromatic N) is 1. The van der Waals surface area contributed by atoms with Crippen LogP contribution in [0.2, 0.25) is 0 Å². The summed E-state index contributed by atoms with van der Waals surface area (Å²) in [5.41, 5.74) is 2.62. The van der Waals surface area contributed by atoms with Crippen LogP contribution in [0, 0.1) is 6.92 Å². The van der Waals surface area contributed by atoms with Gasteiger partial charge < -0.3 is 14.8 Å². The lowest BCUT2D eigenvalue weighted by Crippen LogP contribution is -2.30. The van der Waals surface area contributed by atoms with Crippen LogP contribution in [0.4, 0.5) is 5.69 Å². The summed E-state index contributed by atoms with van der Waals surface area (Å²) in [6, 6.07) is 21.6. The average molecular weight is 469 g/mol. The molecule has 0 saturated carbocycles. The van der Waals surface area contributed by atoms with E-state index in [0.29, 0.717) is 30.2 Å². The molecular formula is C25H28N2O5S. The Morgan fingerprint density at radius 3 is 2.33 bits per heavy atom. The van der Waals surface area contributed by atoms with Crippen molar-refractivity contribution in [1.82, 2.24) is 5.32 Å². The molecule has 7 nitrogen and oxygen atoms in total. The number of hydrogen-bond acceptors (Lipinski definition) is 5. The first kappa shape index (κ1) is 24.1. The lowest BCUT2D eigenvalue weighted by Gasteiger charge is -2.25. The van der Waals surface area contributed by atoms with Gasteiger partial charge in [0, 0.05) is 5.56 Å². The fraction of sp³-hybridized carbons (Fsp3) is 0.240. The highest BCUT2D eigenvalue weighted by molar-refractivity contribution is 7.92. The second-order valence-electron chi connectivity index (χ2n) is 7.56. The molecule has 3 aromatic carbocycles. The van der Waals surface area contributed by atoms with E-state index in [-0.39, 0.29) is 12.5 Å². The van der Waals surface area contributed by atoms with Gasteiger partial charge in [0.15, 0.2) is 0 Å². The van der Waals surface area contributed by atoms with Crippen molar-refractivity contribution in [1.29, 1.82) is 0 Å². The monoisotopic (exact) mass is 468 g/mol. The summed E-state index contributed by atoms with van der Waals surface area (Å²) in [5.74, 6) is 0.995. The molecule has 0 atom stereocenters. The molecule has 0 aromatic heterocycles. The summed E-state index contributed by atoms with van der Waals surface area (Å²) < 4.78 is 37.3. The van der Waals surface area contributed by atoms with Gasteiger partial charge in [-0.15, -0.1) is 0 Å². The van der Waals surface area contributed by atoms with Gasteiger partial charge in [-0.2, -0.15) is 0 Å². The zero-order valence-electron chi connectivity index (χ0n) is 18.9. The van der Waals surface area contributed by atoms with Crippen molar-refractivity contribution in [2.75, 3.05) is 30.8 Å². The van der Waals surface area contributed by atoms with Crippen LogP contribution in [-0.2, 0) is 16.6 Å². The van der Waals surface area contributed by atoms with Gasteiger partial charge in [-0.3, -0.25) is 9.10 Å². The van der Waals surface area contributed by atoms with Crippen molar-refractivity contribution in [3.05, 3.63) is 89.5 Å². The Labute approximate surface area is 195 Å². The van der Waals surface area contributed by atoms with E-state index in [9.17, 15) is 13.2 Å². The van der Waals surface area contributed by atoms with Crippen molar-refractivity contribution in [2.24, 2.45) is 0 Å². The number of nitrogens with one attached hydrogen (secondary N) is 1. The van der Waals surface area contributed by atoms with E-state index in [1.807, 2.05) is 43.3 Å². The number of anilines is 1. The van der Waals surface area contributed by atoms with Crippen molar-refractivity contribution < 1.29 is 22.7 Å². The highest BCUT2D eigenvalue weighted by Crippen LogP contribution is 2.32. The molecule has 0 bridgehead atoms. The van der Waals surface area contributed by atoms with Gasteiger partial charge in [0.05, 0.1) is 32.1 Å². The smallest absolute Gasteiger partial charge is 0.251 e. The molecule has 0 aliphatic rings. The van der Waals surface area contributed by atoms with E-state index < -0.39 is 10.0 Å². The van der Waals surface area contributed by atoms with Gasteiger partial charge in [-0.25, -0.2) is 8.42 Å². The molecule has 8 heteroatoms. The average Bonchev–Trinajstić information content (AvgIpc) is 2.80. The lowest BCUT2D eigenvalue weighted by molar-refractivity contribution is 0.0947. The highest BCUT2D eigenvalue weighted by Gasteiger charge is 2.22. The predicted octanol–water partition coefficient (Wildman–Crippen LogP) is 3.78. The number of hydrogen-bond donors (Lipinski definition) is 1. The van der Waals surface area contributed by atoms with Crippen LogP contribution in [0.1, 0.15) is 21.5 Å². The largest absolute Gasteiger partial charge is 0.495 e. The van der Waals surface area contributed by atoms with Crippen molar-refractivity contribution in [2.45, 2.75) is 13.5 Å². The van der Waals surface area contributed by atoms with Crippen LogP contribution in [0.3, 0.4) is 0 Å². The van der Waals surface area contributed by atoms with Gasteiger partial charge >= 0.3 is 0 Å². The number of carbonyl (C=O) groups is 1. The number of para-hydroxylation sites is 1. The number of aryl methyl sites for hydroxylation is 1. The molecule has 1 amide bonds. The second kappa shape index (κ2) is 10.9. The third-order valence-electron chi connectivity index (χ3n) is 4.95. The third-order valence-corrected chi connectivity index (χ3v) is 6.07. The SMILES string of the molecule is COc1ccc(C)cc1N(Cc1ccc(C(=O)NCCOc2ccccc2)cc1)S(C)(=O)=O. The summed E-state index contributed by atoms with van der Waals surface area (Å²) >= 11 is 0. The maximum absolute atomic E-state index is 12.5. The number of benzene rings is 3. The number of rotatable bonds is 10. The van der Waals surface area contributed by atoms with Gasteiger partial charge in [-0.1, -0.05) is 36.4 Å². The molecule has 3 rings (SSSR count). The first-order valence-electron chi connectivity index (χ1n) is 10.5. The molecular weight excluding hydrogens is 440 g/mol. The van der Waals surface area contributed by atoms with Gasteiger partial charge in [0.1, 0.15) is 18.1 Å². The molecule has 0 fully saturated rings. The fourth-order valence-electron chi connectivity index (χ4n) is 3.26. The van der Waals surface area contributed by atoms with Crippen LogP contribution in [0.5, 0.6) is 11.5 Å². The Hall–Kier alpha value is -3.52. The number of carbonyl (C=O) groups excluding carboxylic acids is 1. The van der Waals surface area contributed by atoms with Crippen LogP contribution in [0.25, 0.3) is 0 Å². The predicted molar refractivity (Wildman–Crippen MR) is 129 cm³/mol. The molecule has 0 aliphatic carbocycles. The van der Waals surface area contributed by atoms with E-state index in [0.717, 1.165) is 23.1 Å². The highest BCUT2D eigenvalue weighted by atomic mass is 32.2. The van der Waals surface area contributed by atoms with Crippen LogP contribution in [0.15, 0.2) is 72.8 Å². The summed E-state index contributed by atoms with van der Waals surface area (Å²) in [4.78, 5) is 12.4. The van der Waals surface area contributed by atoms with Gasteiger partial charge in [0.25, 0.3) is 5.91 Å². The second-order valence-corrected chi connectivity index (χ2v) is 9.47. The maximum Gasteiger partial charge on any atom is 0.251 e. The van der Waals surface area contributed by atoms with Crippen molar-refractivity contribution >= 4 is 21.6 Å². The van der Waals surface area contributed by atoms with E-state index in [1.165, 1.54) is 11.4 Å². The summed E-state index contributed by atoms with van der Waals surface area (Å²) in [6.07, 6.45) is 1.16. The summed E-state index contributed by atoms with van der Waals surface area (Å²) in [5, 5.41) is 2.81. The Balaban J connectivity index is 1.64. The molecule has 1 N–H and O–H groups in total. The van der Waals surface area contributed by atoms with E-state index in [2.05, 4.69) is 5.32 Å². The summed E-state index contributed by atoms with van der Waals surface area (Å²) in [7, 11) is -2.06. The van der Waals surface area contributed by atoms with E-state index >= 15 is 0 Å². The van der Waals surface area contributed by atoms with Crippen molar-refractivity contribution in [3.8, 4) is 11.5 Å². The molecule has 0 spiro atoms. The molecule has 0 heterocycles. The van der Waals surface area contributed by atoms with Gasteiger partial charge in [0.2, 0.25) is 10.0 Å². The van der Waals surface area contributed by atoms with Crippen molar-refractivity contribution in [3.63, 3.8) is 0 Å². The third kappa shape index (κ3) is 6.73. The number of amides is 1. The minimum atomic E-state index is -3.57. The van der Waals surface area contributed by atoms with Crippen LogP contribution in [-0.4, -0.2) is 40.8 Å². The summed E-state index contributed by atoms with van der Waals surface area (Å²) in [6.45, 7) is 2.73. The number of methoxy groups -OCH3 is 1. The Bertz CT molecular complexity index is 1180. The standard InChI is InChI=1S/C25H28N2O5S/c1-19-9-14-24(31-2)23(17-19)27(33(3,29)30)18-20-10-12-21(13-11-20)25(28)26-15-16-32-22-7-5-4-6-8-22/h4-14,17H,15-16,18H2,1-3H3,(H,26,28). The molecule has 0 saturated heterocycles. The molecule has 174 valence electrons. The molecule has 0 unspecified atom stereocenters. The lowest BCUT2D eigenvalue weighted by atomic mass is 10.1. The fourth-order valence-corrected chi connectivity index (χ4v) is 4.14. The minimum Gasteiger partial charge on any atom is -0.495 e. The topological polar surface area (TPSA) is 84.9 Å². The normalized spacial score (nSPS) is 11.0. The van der Waals surface area contributed by atoms with Gasteiger partial charge in [-0.05, 0) is 54.4 Å². The molecule has 33 heavy (non-hydrogen) atoms. The Morgan fingerprint density at radius 2 is 1.70 bits per heavy atom. The number of ether oxygens (including phenoxy) is 2. The van der Waals surface area contributed by atoms with Crippen LogP contribution >= 0.6 is 0 Å². The van der Waals surface area contributed by atoms with E-state index in [1.54, 1.807) is 36.4 Å². The Kier molecular flexibility index (Phi) is 7.95. The molecule has 0 aliphatic heterocycles. The quantitative estimate of drug-likeness (QED) is 0.458. The molecule has 0 radical (unpaired) electrons. The zero-order chi connectivity index (χ0) is 23.8. The van der Waals surface area contributed by atoms with Crippen LogP contribution < -0.4 is 19.1 Å². The van der Waals surface area contributed by atoms with E-state index in [4.69, 9.17) is 9.47 Å². The Morgan fingerprint density at radius 1 is 1.00 bits per heavy atom. The minimum absolute atomic E-state index is 0.117. The maximum atomic E-state index is 12.5. The molecule has 3 aromatic rings. The first-order valence-corrected chi connectivity index (χ1v) is 12.3.